The number of piperazine rings is 1. The standard InChI is InChI=1S/C19H20N4/c1-2-4-18-16(3-1)13-17(14-22-18)19(15-5-7-20-8-6-15)23-11-9-21-10-12-23/h1-8,13-14,19,21H,9-12H2. The smallest absolute Gasteiger partial charge is 0.0702 e. The lowest BCUT2D eigenvalue weighted by molar-refractivity contribution is 0.198. The minimum absolute atomic E-state index is 0.234. The maximum absolute atomic E-state index is 4.66. The van der Waals surface area contributed by atoms with Crippen LogP contribution in [-0.4, -0.2) is 41.0 Å². The highest BCUT2D eigenvalue weighted by Crippen LogP contribution is 2.29. The molecule has 4 nitrogen and oxygen atoms in total. The van der Waals surface area contributed by atoms with Crippen LogP contribution in [0.3, 0.4) is 0 Å². The Morgan fingerprint density at radius 3 is 2.57 bits per heavy atom. The molecule has 1 fully saturated rings. The van der Waals surface area contributed by atoms with E-state index in [0.717, 1.165) is 31.7 Å². The fourth-order valence-corrected chi connectivity index (χ4v) is 3.34. The monoisotopic (exact) mass is 304 g/mol. The number of hydrogen-bond donors (Lipinski definition) is 1. The molecule has 1 atom stereocenters. The summed E-state index contributed by atoms with van der Waals surface area (Å²) in [5.74, 6) is 0. The Morgan fingerprint density at radius 1 is 0.957 bits per heavy atom. The first kappa shape index (κ1) is 14.3. The van der Waals surface area contributed by atoms with Crippen LogP contribution in [0.4, 0.5) is 0 Å². The maximum Gasteiger partial charge on any atom is 0.0702 e. The van der Waals surface area contributed by atoms with Crippen molar-refractivity contribution in [3.05, 3.63) is 72.2 Å². The van der Waals surface area contributed by atoms with Crippen molar-refractivity contribution in [3.63, 3.8) is 0 Å². The van der Waals surface area contributed by atoms with Gasteiger partial charge in [0.2, 0.25) is 0 Å². The van der Waals surface area contributed by atoms with Crippen LogP contribution in [0.1, 0.15) is 17.2 Å². The first-order valence-electron chi connectivity index (χ1n) is 8.11. The van der Waals surface area contributed by atoms with Gasteiger partial charge in [-0.25, -0.2) is 0 Å². The third-order valence-electron chi connectivity index (χ3n) is 4.47. The van der Waals surface area contributed by atoms with E-state index in [1.54, 1.807) is 0 Å². The number of pyridine rings is 2. The van der Waals surface area contributed by atoms with Gasteiger partial charge in [-0.1, -0.05) is 18.2 Å². The number of para-hydroxylation sites is 1. The van der Waals surface area contributed by atoms with E-state index in [9.17, 15) is 0 Å². The van der Waals surface area contributed by atoms with Crippen molar-refractivity contribution >= 4 is 10.9 Å². The highest BCUT2D eigenvalue weighted by molar-refractivity contribution is 5.79. The van der Waals surface area contributed by atoms with Gasteiger partial charge < -0.3 is 5.32 Å². The summed E-state index contributed by atoms with van der Waals surface area (Å²) in [6.45, 7) is 4.14. The highest BCUT2D eigenvalue weighted by atomic mass is 15.2. The number of benzene rings is 1. The van der Waals surface area contributed by atoms with Crippen LogP contribution in [0, 0.1) is 0 Å². The summed E-state index contributed by atoms with van der Waals surface area (Å²) < 4.78 is 0. The Labute approximate surface area is 136 Å². The molecule has 0 saturated carbocycles. The third-order valence-corrected chi connectivity index (χ3v) is 4.47. The lowest BCUT2D eigenvalue weighted by Crippen LogP contribution is -2.45. The summed E-state index contributed by atoms with van der Waals surface area (Å²) in [7, 11) is 0. The second-order valence-corrected chi connectivity index (χ2v) is 5.93. The van der Waals surface area contributed by atoms with E-state index in [4.69, 9.17) is 0 Å². The zero-order valence-corrected chi connectivity index (χ0v) is 13.0. The zero-order chi connectivity index (χ0) is 15.5. The van der Waals surface area contributed by atoms with Gasteiger partial charge >= 0.3 is 0 Å². The van der Waals surface area contributed by atoms with Crippen LogP contribution in [-0.2, 0) is 0 Å². The average molecular weight is 304 g/mol. The molecule has 3 aromatic rings. The van der Waals surface area contributed by atoms with Gasteiger partial charge in [-0.3, -0.25) is 14.9 Å². The van der Waals surface area contributed by atoms with E-state index in [2.05, 4.69) is 56.6 Å². The van der Waals surface area contributed by atoms with Gasteiger partial charge in [0, 0.05) is 50.2 Å². The van der Waals surface area contributed by atoms with E-state index in [1.165, 1.54) is 16.5 Å². The van der Waals surface area contributed by atoms with Crippen LogP contribution in [0.5, 0.6) is 0 Å². The van der Waals surface area contributed by atoms with Crippen molar-refractivity contribution in [2.24, 2.45) is 0 Å². The number of nitrogens with one attached hydrogen (secondary N) is 1. The molecular weight excluding hydrogens is 284 g/mol. The molecule has 4 rings (SSSR count). The van der Waals surface area contributed by atoms with Gasteiger partial charge in [0.05, 0.1) is 11.6 Å². The number of rotatable bonds is 3. The lowest BCUT2D eigenvalue weighted by atomic mass is 9.97. The maximum atomic E-state index is 4.66. The summed E-state index contributed by atoms with van der Waals surface area (Å²) >= 11 is 0. The number of hydrogen-bond acceptors (Lipinski definition) is 4. The van der Waals surface area contributed by atoms with Crippen LogP contribution in [0.2, 0.25) is 0 Å². The van der Waals surface area contributed by atoms with Gasteiger partial charge in [0.25, 0.3) is 0 Å². The molecule has 0 aliphatic carbocycles. The van der Waals surface area contributed by atoms with E-state index in [1.807, 2.05) is 24.7 Å². The van der Waals surface area contributed by atoms with Crippen LogP contribution in [0.25, 0.3) is 10.9 Å². The molecule has 0 amide bonds. The quantitative estimate of drug-likeness (QED) is 0.807. The molecule has 0 spiro atoms. The first-order chi connectivity index (χ1) is 11.4. The van der Waals surface area contributed by atoms with Crippen molar-refractivity contribution < 1.29 is 0 Å². The van der Waals surface area contributed by atoms with Gasteiger partial charge in [-0.05, 0) is 35.4 Å². The van der Waals surface area contributed by atoms with Crippen molar-refractivity contribution in [1.82, 2.24) is 20.2 Å². The summed E-state index contributed by atoms with van der Waals surface area (Å²) in [4.78, 5) is 11.4. The minimum atomic E-state index is 0.234. The predicted octanol–water partition coefficient (Wildman–Crippen LogP) is 2.62. The Kier molecular flexibility index (Phi) is 4.01. The Morgan fingerprint density at radius 2 is 1.74 bits per heavy atom. The molecular formula is C19H20N4. The second kappa shape index (κ2) is 6.44. The molecule has 1 aliphatic heterocycles. The normalized spacial score (nSPS) is 17.2. The predicted molar refractivity (Wildman–Crippen MR) is 92.3 cm³/mol. The fourth-order valence-electron chi connectivity index (χ4n) is 3.34. The molecule has 1 N–H and O–H groups in total. The summed E-state index contributed by atoms with van der Waals surface area (Å²) in [6, 6.07) is 15.0. The molecule has 1 aliphatic rings. The Hall–Kier alpha value is -2.30. The average Bonchev–Trinajstić information content (AvgIpc) is 2.64. The molecule has 116 valence electrons. The fraction of sp³-hybridized carbons (Fsp3) is 0.263. The third kappa shape index (κ3) is 2.96. The number of fused-ring (bicyclic) bond motifs is 1. The molecule has 0 bridgehead atoms. The summed E-state index contributed by atoms with van der Waals surface area (Å²) in [5, 5.41) is 4.63. The molecule has 2 aromatic heterocycles. The van der Waals surface area contributed by atoms with E-state index in [-0.39, 0.29) is 6.04 Å². The molecule has 0 radical (unpaired) electrons. The van der Waals surface area contributed by atoms with Crippen LogP contribution >= 0.6 is 0 Å². The topological polar surface area (TPSA) is 41.1 Å². The van der Waals surface area contributed by atoms with E-state index in [0.29, 0.717) is 0 Å². The number of nitrogens with zero attached hydrogens (tertiary/aromatic N) is 3. The summed E-state index contributed by atoms with van der Waals surface area (Å²) in [6.07, 6.45) is 5.77. The van der Waals surface area contributed by atoms with Crippen molar-refractivity contribution in [2.75, 3.05) is 26.2 Å². The van der Waals surface area contributed by atoms with Gasteiger partial charge in [-0.2, -0.15) is 0 Å². The zero-order valence-electron chi connectivity index (χ0n) is 13.0. The SMILES string of the molecule is c1ccc2ncc(C(c3ccncc3)N3CCNCC3)cc2c1. The summed E-state index contributed by atoms with van der Waals surface area (Å²) in [5.41, 5.74) is 3.57. The van der Waals surface area contributed by atoms with Crippen molar-refractivity contribution in [3.8, 4) is 0 Å². The van der Waals surface area contributed by atoms with Crippen LogP contribution < -0.4 is 5.32 Å². The molecule has 23 heavy (non-hydrogen) atoms. The highest BCUT2D eigenvalue weighted by Gasteiger charge is 2.24. The molecule has 4 heteroatoms. The Balaban J connectivity index is 1.79. The molecule has 1 aromatic carbocycles. The minimum Gasteiger partial charge on any atom is -0.314 e. The van der Waals surface area contributed by atoms with Crippen molar-refractivity contribution in [2.45, 2.75) is 6.04 Å². The van der Waals surface area contributed by atoms with Crippen LogP contribution in [0.15, 0.2) is 61.1 Å². The largest absolute Gasteiger partial charge is 0.314 e. The second-order valence-electron chi connectivity index (χ2n) is 5.93. The van der Waals surface area contributed by atoms with E-state index >= 15 is 0 Å². The van der Waals surface area contributed by atoms with Gasteiger partial charge in [0.1, 0.15) is 0 Å². The van der Waals surface area contributed by atoms with E-state index < -0.39 is 0 Å². The molecule has 3 heterocycles. The first-order valence-corrected chi connectivity index (χ1v) is 8.11. The molecule has 1 unspecified atom stereocenters. The molecule has 1 saturated heterocycles. The van der Waals surface area contributed by atoms with Crippen molar-refractivity contribution in [1.29, 1.82) is 0 Å². The van der Waals surface area contributed by atoms with Gasteiger partial charge in [-0.15, -0.1) is 0 Å². The number of aromatic nitrogens is 2. The lowest BCUT2D eigenvalue weighted by Gasteiger charge is -2.35. The van der Waals surface area contributed by atoms with Gasteiger partial charge in [0.15, 0.2) is 0 Å². The Bertz CT molecular complexity index is 781.